The van der Waals surface area contributed by atoms with Crippen LogP contribution in [0.5, 0.6) is 5.75 Å². The molecule has 0 spiro atoms. The highest BCUT2D eigenvalue weighted by Crippen LogP contribution is 2.23. The van der Waals surface area contributed by atoms with Crippen LogP contribution in [0.3, 0.4) is 0 Å². The van der Waals surface area contributed by atoms with Gasteiger partial charge in [0.2, 0.25) is 0 Å². The molecule has 1 atom stereocenters. The Morgan fingerprint density at radius 3 is 2.39 bits per heavy atom. The van der Waals surface area contributed by atoms with Gasteiger partial charge >= 0.3 is 12.3 Å². The van der Waals surface area contributed by atoms with E-state index in [0.29, 0.717) is 5.69 Å². The number of carbonyl (C=O) groups is 1. The van der Waals surface area contributed by atoms with Gasteiger partial charge in [0, 0.05) is 12.2 Å². The summed E-state index contributed by atoms with van der Waals surface area (Å²) in [5, 5.41) is 11.4. The molecule has 0 aliphatic carbocycles. The Kier molecular flexibility index (Phi) is 4.41. The first kappa shape index (κ1) is 14.1. The van der Waals surface area contributed by atoms with Crippen molar-refractivity contribution in [2.75, 3.05) is 11.9 Å². The molecule has 0 aliphatic rings. The van der Waals surface area contributed by atoms with E-state index in [9.17, 15) is 18.0 Å². The minimum atomic E-state index is -4.72. The second kappa shape index (κ2) is 5.61. The zero-order valence-corrected chi connectivity index (χ0v) is 9.49. The molecule has 1 aromatic rings. The average molecular weight is 263 g/mol. The van der Waals surface area contributed by atoms with Crippen LogP contribution in [0.1, 0.15) is 6.92 Å². The molecule has 7 heteroatoms. The molecule has 4 nitrogen and oxygen atoms in total. The Labute approximate surface area is 101 Å². The Morgan fingerprint density at radius 1 is 1.39 bits per heavy atom. The summed E-state index contributed by atoms with van der Waals surface area (Å²) in [6, 6.07) is 5.08. The first-order valence-corrected chi connectivity index (χ1v) is 5.10. The van der Waals surface area contributed by atoms with Gasteiger partial charge in [-0.05, 0) is 24.3 Å². The average Bonchev–Trinajstić information content (AvgIpc) is 2.25. The van der Waals surface area contributed by atoms with Gasteiger partial charge in [0.25, 0.3) is 0 Å². The van der Waals surface area contributed by atoms with E-state index < -0.39 is 18.2 Å². The number of carboxylic acids is 1. The van der Waals surface area contributed by atoms with Gasteiger partial charge in [-0.2, -0.15) is 0 Å². The number of hydrogen-bond donors (Lipinski definition) is 2. The van der Waals surface area contributed by atoms with Crippen molar-refractivity contribution in [2.24, 2.45) is 5.92 Å². The van der Waals surface area contributed by atoms with E-state index in [4.69, 9.17) is 5.11 Å². The molecule has 0 saturated carbocycles. The largest absolute Gasteiger partial charge is 0.573 e. The third-order valence-corrected chi connectivity index (χ3v) is 2.12. The van der Waals surface area contributed by atoms with Crippen molar-refractivity contribution in [3.8, 4) is 5.75 Å². The Hall–Kier alpha value is -1.92. The zero-order chi connectivity index (χ0) is 13.8. The number of rotatable bonds is 5. The SMILES string of the molecule is CC(CNc1ccc(OC(F)(F)F)cc1)C(=O)O. The number of anilines is 1. The van der Waals surface area contributed by atoms with Crippen molar-refractivity contribution in [3.63, 3.8) is 0 Å². The Bertz CT molecular complexity index is 403. The summed E-state index contributed by atoms with van der Waals surface area (Å²) in [5.41, 5.74) is 0.526. The van der Waals surface area contributed by atoms with Crippen molar-refractivity contribution < 1.29 is 27.8 Å². The number of alkyl halides is 3. The summed E-state index contributed by atoms with van der Waals surface area (Å²) in [5.74, 6) is -1.85. The van der Waals surface area contributed by atoms with Crippen molar-refractivity contribution in [2.45, 2.75) is 13.3 Å². The smallest absolute Gasteiger partial charge is 0.481 e. The fourth-order valence-corrected chi connectivity index (χ4v) is 1.13. The summed E-state index contributed by atoms with van der Waals surface area (Å²) in [6.45, 7) is 1.71. The van der Waals surface area contributed by atoms with Crippen molar-refractivity contribution in [1.29, 1.82) is 0 Å². The second-order valence-electron chi connectivity index (χ2n) is 3.69. The van der Waals surface area contributed by atoms with Crippen LogP contribution in [-0.4, -0.2) is 24.0 Å². The van der Waals surface area contributed by atoms with Crippen molar-refractivity contribution in [3.05, 3.63) is 24.3 Å². The molecular weight excluding hydrogens is 251 g/mol. The molecule has 0 aliphatic heterocycles. The normalized spacial score (nSPS) is 12.9. The third kappa shape index (κ3) is 4.94. The maximum Gasteiger partial charge on any atom is 0.573 e. The zero-order valence-electron chi connectivity index (χ0n) is 9.49. The molecule has 18 heavy (non-hydrogen) atoms. The van der Waals surface area contributed by atoms with Gasteiger partial charge in [-0.15, -0.1) is 13.2 Å². The number of aliphatic carboxylic acids is 1. The van der Waals surface area contributed by atoms with Crippen LogP contribution < -0.4 is 10.1 Å². The van der Waals surface area contributed by atoms with E-state index in [-0.39, 0.29) is 12.3 Å². The fraction of sp³-hybridized carbons (Fsp3) is 0.364. The standard InChI is InChI=1S/C11H12F3NO3/c1-7(10(16)17)6-15-8-2-4-9(5-3-8)18-11(12,13)14/h2-5,7,15H,6H2,1H3,(H,16,17). The van der Waals surface area contributed by atoms with Crippen LogP contribution in [0.4, 0.5) is 18.9 Å². The highest BCUT2D eigenvalue weighted by atomic mass is 19.4. The fourth-order valence-electron chi connectivity index (χ4n) is 1.13. The number of halogens is 3. The van der Waals surface area contributed by atoms with E-state index in [1.54, 1.807) is 0 Å². The molecule has 0 fully saturated rings. The number of hydrogen-bond acceptors (Lipinski definition) is 3. The molecule has 1 rings (SSSR count). The minimum absolute atomic E-state index is 0.189. The summed E-state index contributed by atoms with van der Waals surface area (Å²) in [7, 11) is 0. The lowest BCUT2D eigenvalue weighted by atomic mass is 10.2. The molecule has 2 N–H and O–H groups in total. The molecule has 0 bridgehead atoms. The van der Waals surface area contributed by atoms with E-state index in [2.05, 4.69) is 10.1 Å². The molecule has 100 valence electrons. The van der Waals surface area contributed by atoms with Crippen LogP contribution in [0.25, 0.3) is 0 Å². The summed E-state index contributed by atoms with van der Waals surface area (Å²) >= 11 is 0. The number of carboxylic acid groups (broad SMARTS) is 1. The topological polar surface area (TPSA) is 58.6 Å². The van der Waals surface area contributed by atoms with Crippen molar-refractivity contribution in [1.82, 2.24) is 0 Å². The number of ether oxygens (including phenoxy) is 1. The van der Waals surface area contributed by atoms with E-state index in [1.807, 2.05) is 0 Å². The second-order valence-corrected chi connectivity index (χ2v) is 3.69. The Morgan fingerprint density at radius 2 is 1.94 bits per heavy atom. The number of benzene rings is 1. The maximum atomic E-state index is 11.9. The van der Waals surface area contributed by atoms with E-state index in [1.165, 1.54) is 19.1 Å². The van der Waals surface area contributed by atoms with Gasteiger partial charge in [-0.25, -0.2) is 0 Å². The van der Waals surface area contributed by atoms with E-state index >= 15 is 0 Å². The molecule has 0 heterocycles. The molecule has 0 aromatic heterocycles. The van der Waals surface area contributed by atoms with Crippen molar-refractivity contribution >= 4 is 11.7 Å². The summed E-state index contributed by atoms with van der Waals surface area (Å²) in [6.07, 6.45) is -4.72. The van der Waals surface area contributed by atoms with Crippen LogP contribution in [0.2, 0.25) is 0 Å². The minimum Gasteiger partial charge on any atom is -0.481 e. The van der Waals surface area contributed by atoms with Crippen LogP contribution in [-0.2, 0) is 4.79 Å². The Balaban J connectivity index is 2.53. The first-order valence-electron chi connectivity index (χ1n) is 5.10. The van der Waals surface area contributed by atoms with Gasteiger partial charge < -0.3 is 15.2 Å². The third-order valence-electron chi connectivity index (χ3n) is 2.12. The quantitative estimate of drug-likeness (QED) is 0.857. The van der Waals surface area contributed by atoms with Gasteiger partial charge in [0.15, 0.2) is 0 Å². The molecular formula is C11H12F3NO3. The molecule has 0 saturated heterocycles. The summed E-state index contributed by atoms with van der Waals surface area (Å²) < 4.78 is 39.3. The lowest BCUT2D eigenvalue weighted by Gasteiger charge is -2.11. The van der Waals surface area contributed by atoms with E-state index in [0.717, 1.165) is 12.1 Å². The maximum absolute atomic E-state index is 11.9. The lowest BCUT2D eigenvalue weighted by Crippen LogP contribution is -2.19. The van der Waals surface area contributed by atoms with Crippen LogP contribution in [0, 0.1) is 5.92 Å². The highest BCUT2D eigenvalue weighted by molar-refractivity contribution is 5.70. The lowest BCUT2D eigenvalue weighted by molar-refractivity contribution is -0.274. The highest BCUT2D eigenvalue weighted by Gasteiger charge is 2.30. The first-order chi connectivity index (χ1) is 8.28. The predicted molar refractivity (Wildman–Crippen MR) is 58.4 cm³/mol. The number of nitrogens with one attached hydrogen (secondary N) is 1. The van der Waals surface area contributed by atoms with Crippen LogP contribution in [0.15, 0.2) is 24.3 Å². The van der Waals surface area contributed by atoms with Gasteiger partial charge in [-0.3, -0.25) is 4.79 Å². The van der Waals surface area contributed by atoms with Gasteiger partial charge in [0.1, 0.15) is 5.75 Å². The molecule has 0 amide bonds. The van der Waals surface area contributed by atoms with Gasteiger partial charge in [0.05, 0.1) is 5.92 Å². The van der Waals surface area contributed by atoms with Gasteiger partial charge in [-0.1, -0.05) is 6.92 Å². The molecule has 0 radical (unpaired) electrons. The molecule has 1 aromatic carbocycles. The predicted octanol–water partition coefficient (Wildman–Crippen LogP) is 2.72. The molecule has 1 unspecified atom stereocenters. The monoisotopic (exact) mass is 263 g/mol. The van der Waals surface area contributed by atoms with Crippen LogP contribution >= 0.6 is 0 Å². The summed E-state index contributed by atoms with van der Waals surface area (Å²) in [4.78, 5) is 10.5.